The van der Waals surface area contributed by atoms with Crippen molar-refractivity contribution < 1.29 is 9.53 Å². The van der Waals surface area contributed by atoms with Crippen LogP contribution in [-0.4, -0.2) is 35.5 Å². The molecule has 0 radical (unpaired) electrons. The highest BCUT2D eigenvalue weighted by molar-refractivity contribution is 5.84. The van der Waals surface area contributed by atoms with E-state index in [1.807, 2.05) is 45.0 Å². The third-order valence-corrected chi connectivity index (χ3v) is 4.69. The summed E-state index contributed by atoms with van der Waals surface area (Å²) in [5.41, 5.74) is 0.763. The molecule has 0 spiro atoms. The molecule has 2 aliphatic rings. The van der Waals surface area contributed by atoms with E-state index in [2.05, 4.69) is 10.2 Å². The Morgan fingerprint density at radius 1 is 1.22 bits per heavy atom. The Morgan fingerprint density at radius 2 is 1.91 bits per heavy atom. The molecule has 23 heavy (non-hydrogen) atoms. The summed E-state index contributed by atoms with van der Waals surface area (Å²) in [7, 11) is 0. The van der Waals surface area contributed by atoms with Gasteiger partial charge in [0.25, 0.3) is 0 Å². The van der Waals surface area contributed by atoms with Crippen LogP contribution in [-0.2, 0) is 4.79 Å². The first-order valence-corrected chi connectivity index (χ1v) is 8.75. The molecule has 1 N–H and O–H groups in total. The summed E-state index contributed by atoms with van der Waals surface area (Å²) >= 11 is 0. The Kier molecular flexibility index (Phi) is 4.62. The van der Waals surface area contributed by atoms with Gasteiger partial charge in [0, 0.05) is 23.7 Å². The zero-order chi connectivity index (χ0) is 16.4. The summed E-state index contributed by atoms with van der Waals surface area (Å²) < 4.78 is 5.93. The minimum Gasteiger partial charge on any atom is -0.492 e. The standard InChI is InChI=1S/C19H28N2O2/c1-19(2,3)20-18(22)17-15-10-6-7-11-16(15)23-13-12-21(17)14-8-4-5-9-14/h6-7,10-11,14,17H,4-5,8-9,12-13H2,1-3H3,(H,20,22). The number of rotatable bonds is 2. The van der Waals surface area contributed by atoms with Gasteiger partial charge in [-0.25, -0.2) is 0 Å². The molecule has 4 nitrogen and oxygen atoms in total. The van der Waals surface area contributed by atoms with Gasteiger partial charge in [-0.05, 0) is 39.7 Å². The first-order valence-electron chi connectivity index (χ1n) is 8.75. The van der Waals surface area contributed by atoms with E-state index in [1.165, 1.54) is 25.7 Å². The fraction of sp³-hybridized carbons (Fsp3) is 0.632. The Hall–Kier alpha value is -1.55. The summed E-state index contributed by atoms with van der Waals surface area (Å²) in [6.45, 7) is 7.55. The second kappa shape index (κ2) is 6.52. The van der Waals surface area contributed by atoms with Gasteiger partial charge in [-0.2, -0.15) is 0 Å². The number of fused-ring (bicyclic) bond motifs is 1. The fourth-order valence-corrected chi connectivity index (χ4v) is 3.77. The van der Waals surface area contributed by atoms with Crippen molar-refractivity contribution in [1.29, 1.82) is 0 Å². The molecule has 0 bridgehead atoms. The lowest BCUT2D eigenvalue weighted by Crippen LogP contribution is -2.50. The topological polar surface area (TPSA) is 41.6 Å². The van der Waals surface area contributed by atoms with Crippen molar-refractivity contribution in [3.05, 3.63) is 29.8 Å². The summed E-state index contributed by atoms with van der Waals surface area (Å²) in [4.78, 5) is 15.5. The van der Waals surface area contributed by atoms with Gasteiger partial charge in [-0.1, -0.05) is 31.0 Å². The van der Waals surface area contributed by atoms with Gasteiger partial charge in [0.05, 0.1) is 0 Å². The molecule has 126 valence electrons. The lowest BCUT2D eigenvalue weighted by molar-refractivity contribution is -0.129. The van der Waals surface area contributed by atoms with Crippen molar-refractivity contribution in [2.24, 2.45) is 0 Å². The largest absolute Gasteiger partial charge is 0.492 e. The molecule has 3 rings (SSSR count). The zero-order valence-electron chi connectivity index (χ0n) is 14.5. The molecule has 0 aromatic heterocycles. The Balaban J connectivity index is 1.96. The van der Waals surface area contributed by atoms with E-state index in [0.717, 1.165) is 17.9 Å². The van der Waals surface area contributed by atoms with Crippen LogP contribution in [0, 0.1) is 0 Å². The highest BCUT2D eigenvalue weighted by atomic mass is 16.5. The monoisotopic (exact) mass is 316 g/mol. The lowest BCUT2D eigenvalue weighted by atomic mass is 9.99. The maximum atomic E-state index is 13.1. The van der Waals surface area contributed by atoms with Crippen LogP contribution in [0.3, 0.4) is 0 Å². The van der Waals surface area contributed by atoms with Crippen molar-refractivity contribution in [3.8, 4) is 5.75 Å². The number of para-hydroxylation sites is 1. The van der Waals surface area contributed by atoms with Crippen LogP contribution in [0.15, 0.2) is 24.3 Å². The highest BCUT2D eigenvalue weighted by Crippen LogP contribution is 2.37. The molecule has 0 saturated heterocycles. The molecule has 1 unspecified atom stereocenters. The molecular weight excluding hydrogens is 288 g/mol. The molecule has 1 aromatic carbocycles. The van der Waals surface area contributed by atoms with Gasteiger partial charge < -0.3 is 10.1 Å². The number of carbonyl (C=O) groups excluding carboxylic acids is 1. The van der Waals surface area contributed by atoms with E-state index in [9.17, 15) is 4.79 Å². The summed E-state index contributed by atoms with van der Waals surface area (Å²) in [6, 6.07) is 8.22. The zero-order valence-corrected chi connectivity index (χ0v) is 14.5. The summed E-state index contributed by atoms with van der Waals surface area (Å²) in [6.07, 6.45) is 4.89. The van der Waals surface area contributed by atoms with Crippen molar-refractivity contribution in [2.45, 2.75) is 64.1 Å². The van der Waals surface area contributed by atoms with Gasteiger partial charge in [0.15, 0.2) is 0 Å². The smallest absolute Gasteiger partial charge is 0.242 e. The number of hydrogen-bond acceptors (Lipinski definition) is 3. The van der Waals surface area contributed by atoms with Crippen molar-refractivity contribution in [3.63, 3.8) is 0 Å². The average molecular weight is 316 g/mol. The number of carbonyl (C=O) groups is 1. The fourth-order valence-electron chi connectivity index (χ4n) is 3.77. The normalized spacial score (nSPS) is 23.0. The molecule has 4 heteroatoms. The minimum atomic E-state index is -0.254. The van der Waals surface area contributed by atoms with Crippen LogP contribution >= 0.6 is 0 Å². The quantitative estimate of drug-likeness (QED) is 0.910. The predicted molar refractivity (Wildman–Crippen MR) is 91.5 cm³/mol. The van der Waals surface area contributed by atoms with Crippen LogP contribution in [0.5, 0.6) is 5.75 Å². The van der Waals surface area contributed by atoms with Crippen LogP contribution in [0.25, 0.3) is 0 Å². The van der Waals surface area contributed by atoms with Gasteiger partial charge >= 0.3 is 0 Å². The van der Waals surface area contributed by atoms with Crippen molar-refractivity contribution >= 4 is 5.91 Å². The molecule has 1 aliphatic heterocycles. The third-order valence-electron chi connectivity index (χ3n) is 4.69. The maximum absolute atomic E-state index is 13.1. The van der Waals surface area contributed by atoms with Gasteiger partial charge in [-0.3, -0.25) is 9.69 Å². The second-order valence-electron chi connectivity index (χ2n) is 7.70. The molecule has 1 atom stereocenters. The second-order valence-corrected chi connectivity index (χ2v) is 7.70. The van der Waals surface area contributed by atoms with Crippen molar-refractivity contribution in [1.82, 2.24) is 10.2 Å². The van der Waals surface area contributed by atoms with E-state index in [4.69, 9.17) is 4.74 Å². The van der Waals surface area contributed by atoms with E-state index in [0.29, 0.717) is 12.6 Å². The third kappa shape index (κ3) is 3.69. The lowest BCUT2D eigenvalue weighted by Gasteiger charge is -2.35. The van der Waals surface area contributed by atoms with Crippen LogP contribution in [0.2, 0.25) is 0 Å². The first kappa shape index (κ1) is 16.3. The SMILES string of the molecule is CC(C)(C)NC(=O)C1c2ccccc2OCCN1C1CCCC1. The molecule has 1 aromatic rings. The highest BCUT2D eigenvalue weighted by Gasteiger charge is 2.38. The molecule has 1 heterocycles. The Morgan fingerprint density at radius 3 is 2.61 bits per heavy atom. The van der Waals surface area contributed by atoms with Gasteiger partial charge in [-0.15, -0.1) is 0 Å². The van der Waals surface area contributed by atoms with E-state index in [1.54, 1.807) is 0 Å². The predicted octanol–water partition coefficient (Wildman–Crippen LogP) is 3.28. The minimum absolute atomic E-state index is 0.0855. The number of nitrogens with one attached hydrogen (secondary N) is 1. The molecular formula is C19H28N2O2. The van der Waals surface area contributed by atoms with Crippen molar-refractivity contribution in [2.75, 3.05) is 13.2 Å². The number of ether oxygens (including phenoxy) is 1. The van der Waals surface area contributed by atoms with E-state index in [-0.39, 0.29) is 17.5 Å². The van der Waals surface area contributed by atoms with E-state index < -0.39 is 0 Å². The van der Waals surface area contributed by atoms with Crippen LogP contribution in [0.1, 0.15) is 58.1 Å². The summed E-state index contributed by atoms with van der Waals surface area (Å²) in [5, 5.41) is 3.17. The number of amides is 1. The Bertz CT molecular complexity index is 559. The first-order chi connectivity index (χ1) is 11.0. The molecule has 1 saturated carbocycles. The number of hydrogen-bond donors (Lipinski definition) is 1. The maximum Gasteiger partial charge on any atom is 0.242 e. The Labute approximate surface area is 139 Å². The van der Waals surface area contributed by atoms with Gasteiger partial charge in [0.1, 0.15) is 18.4 Å². The summed E-state index contributed by atoms with van der Waals surface area (Å²) in [5.74, 6) is 0.935. The van der Waals surface area contributed by atoms with Crippen LogP contribution in [0.4, 0.5) is 0 Å². The van der Waals surface area contributed by atoms with E-state index >= 15 is 0 Å². The number of benzene rings is 1. The van der Waals surface area contributed by atoms with Gasteiger partial charge in [0.2, 0.25) is 5.91 Å². The average Bonchev–Trinajstić information content (AvgIpc) is 2.92. The van der Waals surface area contributed by atoms with Crippen LogP contribution < -0.4 is 10.1 Å². The molecule has 1 amide bonds. The number of nitrogens with zero attached hydrogens (tertiary/aromatic N) is 1. The molecule has 1 aliphatic carbocycles. The molecule has 1 fully saturated rings.